The molecule has 3 heteroatoms. The van der Waals surface area contributed by atoms with Crippen LogP contribution in [0.25, 0.3) is 92.6 Å². The van der Waals surface area contributed by atoms with Gasteiger partial charge in [0.15, 0.2) is 0 Å². The van der Waals surface area contributed by atoms with Crippen LogP contribution in [0.15, 0.2) is 164 Å². The molecule has 2 nitrogen and oxygen atoms in total. The molecule has 0 bridgehead atoms. The van der Waals surface area contributed by atoms with E-state index in [9.17, 15) is 0 Å². The van der Waals surface area contributed by atoms with Crippen LogP contribution in [0.5, 0.6) is 0 Å². The third-order valence-electron chi connectivity index (χ3n) is 10.8. The van der Waals surface area contributed by atoms with Gasteiger partial charge in [-0.2, -0.15) is 0 Å². The van der Waals surface area contributed by atoms with Gasteiger partial charge in [-0.1, -0.05) is 109 Å². The highest BCUT2D eigenvalue weighted by Gasteiger charge is 2.24. The topological polar surface area (TPSA) is 9.86 Å². The molecule has 11 rings (SSSR count). The summed E-state index contributed by atoms with van der Waals surface area (Å²) in [6, 6.07) is 58.1. The van der Waals surface area contributed by atoms with Gasteiger partial charge in [-0.25, -0.2) is 0 Å². The van der Waals surface area contributed by atoms with Gasteiger partial charge in [0.05, 0.1) is 16.6 Å². The SMILES string of the molecule is C1=Cc2c(c3cc(-c4cc5sc6ccccc6c5c5c4c4ccccc4n5-c4ccc(-c5ccccc5)cc4)ccc3n2-c2ccccc2)CC1. The number of hydrogen-bond donors (Lipinski definition) is 0. The van der Waals surface area contributed by atoms with Crippen LogP contribution in [-0.4, -0.2) is 9.13 Å². The lowest BCUT2D eigenvalue weighted by molar-refractivity contribution is 0.967. The Kier molecular flexibility index (Phi) is 6.28. The van der Waals surface area contributed by atoms with Crippen LogP contribution in [0.1, 0.15) is 17.7 Å². The maximum atomic E-state index is 2.52. The minimum Gasteiger partial charge on any atom is -0.310 e. The zero-order valence-electron chi connectivity index (χ0n) is 27.9. The normalized spacial score (nSPS) is 12.9. The molecule has 51 heavy (non-hydrogen) atoms. The fourth-order valence-electron chi connectivity index (χ4n) is 8.55. The van der Waals surface area contributed by atoms with Crippen LogP contribution in [0, 0.1) is 0 Å². The molecular formula is C48H32N2S. The molecule has 0 radical (unpaired) electrons. The Morgan fingerprint density at radius 2 is 1.14 bits per heavy atom. The number of aryl methyl sites for hydroxylation is 1. The first-order chi connectivity index (χ1) is 25.3. The smallest absolute Gasteiger partial charge is 0.0640 e. The first kappa shape index (κ1) is 28.7. The maximum Gasteiger partial charge on any atom is 0.0640 e. The predicted molar refractivity (Wildman–Crippen MR) is 219 cm³/mol. The van der Waals surface area contributed by atoms with Crippen molar-refractivity contribution in [2.45, 2.75) is 12.8 Å². The highest BCUT2D eigenvalue weighted by Crippen LogP contribution is 2.48. The molecule has 1 aliphatic carbocycles. The van der Waals surface area contributed by atoms with E-state index >= 15 is 0 Å². The Hall–Kier alpha value is -6.16. The molecule has 7 aromatic carbocycles. The minimum atomic E-state index is 1.05. The van der Waals surface area contributed by atoms with Gasteiger partial charge >= 0.3 is 0 Å². The summed E-state index contributed by atoms with van der Waals surface area (Å²) in [5, 5.41) is 6.58. The summed E-state index contributed by atoms with van der Waals surface area (Å²) < 4.78 is 7.59. The number of para-hydroxylation sites is 2. The van der Waals surface area contributed by atoms with Crippen molar-refractivity contribution in [1.82, 2.24) is 9.13 Å². The lowest BCUT2D eigenvalue weighted by Crippen LogP contribution is -1.99. The number of fused-ring (bicyclic) bond motifs is 10. The van der Waals surface area contributed by atoms with Crippen molar-refractivity contribution >= 4 is 70.3 Å². The summed E-state index contributed by atoms with van der Waals surface area (Å²) in [7, 11) is 0. The number of hydrogen-bond acceptors (Lipinski definition) is 1. The van der Waals surface area contributed by atoms with Crippen molar-refractivity contribution in [3.05, 3.63) is 175 Å². The number of benzene rings is 7. The van der Waals surface area contributed by atoms with E-state index in [0.717, 1.165) is 12.8 Å². The van der Waals surface area contributed by atoms with E-state index in [1.54, 1.807) is 0 Å². The van der Waals surface area contributed by atoms with E-state index in [0.29, 0.717) is 0 Å². The number of nitrogens with zero attached hydrogens (tertiary/aromatic N) is 2. The first-order valence-electron chi connectivity index (χ1n) is 17.7. The molecule has 3 aromatic heterocycles. The molecule has 0 atom stereocenters. The second-order valence-corrected chi connectivity index (χ2v) is 14.7. The lowest BCUT2D eigenvalue weighted by Gasteiger charge is -2.12. The predicted octanol–water partition coefficient (Wildman–Crippen LogP) is 13.4. The molecule has 0 aliphatic heterocycles. The van der Waals surface area contributed by atoms with Gasteiger partial charge in [0.1, 0.15) is 0 Å². The Labute approximate surface area is 299 Å². The molecule has 3 heterocycles. The molecule has 10 aromatic rings. The van der Waals surface area contributed by atoms with Crippen LogP contribution >= 0.6 is 11.3 Å². The van der Waals surface area contributed by atoms with Crippen LogP contribution in [0.4, 0.5) is 0 Å². The number of aromatic nitrogens is 2. The second-order valence-electron chi connectivity index (χ2n) is 13.6. The molecule has 1 aliphatic rings. The summed E-state index contributed by atoms with van der Waals surface area (Å²) in [6.07, 6.45) is 6.76. The maximum absolute atomic E-state index is 2.52. The van der Waals surface area contributed by atoms with Gasteiger partial charge in [-0.15, -0.1) is 11.3 Å². The highest BCUT2D eigenvalue weighted by atomic mass is 32.1. The first-order valence-corrected chi connectivity index (χ1v) is 18.6. The summed E-state index contributed by atoms with van der Waals surface area (Å²) in [5.74, 6) is 0. The van der Waals surface area contributed by atoms with E-state index in [1.807, 2.05) is 11.3 Å². The van der Waals surface area contributed by atoms with Crippen molar-refractivity contribution < 1.29 is 0 Å². The molecule has 0 saturated heterocycles. The van der Waals surface area contributed by atoms with Gasteiger partial charge in [-0.3, -0.25) is 0 Å². The molecule has 0 amide bonds. The highest BCUT2D eigenvalue weighted by molar-refractivity contribution is 7.26. The molecule has 0 saturated carbocycles. The van der Waals surface area contributed by atoms with Crippen LogP contribution < -0.4 is 0 Å². The number of thiophene rings is 1. The zero-order chi connectivity index (χ0) is 33.5. The van der Waals surface area contributed by atoms with Crippen LogP contribution in [0.3, 0.4) is 0 Å². The Bertz CT molecular complexity index is 2990. The van der Waals surface area contributed by atoms with Crippen LogP contribution in [0.2, 0.25) is 0 Å². The van der Waals surface area contributed by atoms with E-state index in [-0.39, 0.29) is 0 Å². The summed E-state index contributed by atoms with van der Waals surface area (Å²) in [4.78, 5) is 0. The third kappa shape index (κ3) is 4.28. The summed E-state index contributed by atoms with van der Waals surface area (Å²) >= 11 is 1.90. The van der Waals surface area contributed by atoms with Crippen LogP contribution in [-0.2, 0) is 6.42 Å². The average Bonchev–Trinajstić information content (AvgIpc) is 3.86. The van der Waals surface area contributed by atoms with E-state index < -0.39 is 0 Å². The molecule has 0 unspecified atom stereocenters. The lowest BCUT2D eigenvalue weighted by atomic mass is 9.94. The Morgan fingerprint density at radius 3 is 1.98 bits per heavy atom. The molecule has 240 valence electrons. The molecular weight excluding hydrogens is 637 g/mol. The average molecular weight is 669 g/mol. The van der Waals surface area contributed by atoms with Gasteiger partial charge in [-0.05, 0) is 101 Å². The number of rotatable bonds is 4. The fraction of sp³-hybridized carbons (Fsp3) is 0.0417. The van der Waals surface area contributed by atoms with Crippen molar-refractivity contribution in [2.24, 2.45) is 0 Å². The quantitative estimate of drug-likeness (QED) is 0.177. The van der Waals surface area contributed by atoms with E-state index in [4.69, 9.17) is 0 Å². The van der Waals surface area contributed by atoms with Gasteiger partial charge in [0.25, 0.3) is 0 Å². The van der Waals surface area contributed by atoms with Crippen molar-refractivity contribution in [3.63, 3.8) is 0 Å². The largest absolute Gasteiger partial charge is 0.310 e. The summed E-state index contributed by atoms with van der Waals surface area (Å²) in [6.45, 7) is 0. The van der Waals surface area contributed by atoms with Gasteiger partial charge in [0, 0.05) is 53.4 Å². The Morgan fingerprint density at radius 1 is 0.471 bits per heavy atom. The Balaban J connectivity index is 1.23. The fourth-order valence-corrected chi connectivity index (χ4v) is 9.70. The second kappa shape index (κ2) is 11.2. The third-order valence-corrected chi connectivity index (χ3v) is 11.9. The van der Waals surface area contributed by atoms with E-state index in [1.165, 1.54) is 97.8 Å². The van der Waals surface area contributed by atoms with Crippen molar-refractivity contribution in [3.8, 4) is 33.6 Å². The summed E-state index contributed by atoms with van der Waals surface area (Å²) in [5.41, 5.74) is 13.9. The van der Waals surface area contributed by atoms with Crippen molar-refractivity contribution in [1.29, 1.82) is 0 Å². The standard InChI is InChI=1S/C48H32N2S/c1-3-13-31(14-4-1)32-23-26-35(27-24-32)50-42-21-11-8-18-37(42)46-39(30-45-47(48(46)50)38-19-9-12-22-44(38)51-45)33-25-28-43-40(29-33)36-17-7-10-20-41(36)49(43)34-15-5-2-6-16-34/h1-6,8-16,18-30H,7,17H2. The minimum absolute atomic E-state index is 1.05. The molecule has 0 fully saturated rings. The monoisotopic (exact) mass is 668 g/mol. The van der Waals surface area contributed by atoms with Gasteiger partial charge < -0.3 is 9.13 Å². The zero-order valence-corrected chi connectivity index (χ0v) is 28.7. The van der Waals surface area contributed by atoms with Gasteiger partial charge in [0.2, 0.25) is 0 Å². The van der Waals surface area contributed by atoms with E-state index in [2.05, 4.69) is 179 Å². The molecule has 0 spiro atoms. The van der Waals surface area contributed by atoms with Crippen molar-refractivity contribution in [2.75, 3.05) is 0 Å². The number of allylic oxidation sites excluding steroid dienone is 1. The molecule has 0 N–H and O–H groups in total.